The van der Waals surface area contributed by atoms with Gasteiger partial charge in [0, 0.05) is 37.0 Å². The van der Waals surface area contributed by atoms with Crippen molar-refractivity contribution >= 4 is 11.9 Å². The Morgan fingerprint density at radius 3 is 1.86 bits per heavy atom. The summed E-state index contributed by atoms with van der Waals surface area (Å²) < 4.78 is 25.6. The summed E-state index contributed by atoms with van der Waals surface area (Å²) in [4.78, 5) is 50.1. The van der Waals surface area contributed by atoms with Gasteiger partial charge in [-0.3, -0.25) is 9.78 Å². The van der Waals surface area contributed by atoms with E-state index in [1.54, 1.807) is 0 Å². The number of rotatable bonds is 9. The number of halogens is 1. The zero-order valence-corrected chi connectivity index (χ0v) is 24.2. The van der Waals surface area contributed by atoms with Gasteiger partial charge in [-0.2, -0.15) is 0 Å². The van der Waals surface area contributed by atoms with Gasteiger partial charge in [-0.15, -0.1) is 5.06 Å². The van der Waals surface area contributed by atoms with E-state index in [-0.39, 0.29) is 11.5 Å². The molecule has 4 unspecified atom stereocenters. The van der Waals surface area contributed by atoms with Crippen molar-refractivity contribution in [2.75, 3.05) is 0 Å². The highest BCUT2D eigenvalue weighted by atomic mass is 19.1. The molecule has 5 rings (SSSR count). The minimum absolute atomic E-state index is 0.335. The van der Waals surface area contributed by atoms with E-state index in [0.717, 1.165) is 11.3 Å². The van der Waals surface area contributed by atoms with Crippen LogP contribution in [0.15, 0.2) is 61.3 Å². The van der Waals surface area contributed by atoms with E-state index in [2.05, 4.69) is 24.9 Å². The Kier molecular flexibility index (Phi) is 7.75. The molecule has 228 valence electrons. The molecule has 43 heavy (non-hydrogen) atoms. The first-order valence-corrected chi connectivity index (χ1v) is 14.0. The molecule has 13 nitrogen and oxygen atoms in total. The molecule has 0 spiro atoms. The molecular formula is C29H34FN7O6. The van der Waals surface area contributed by atoms with E-state index >= 15 is 4.39 Å². The Morgan fingerprint density at radius 1 is 0.884 bits per heavy atom. The zero-order valence-electron chi connectivity index (χ0n) is 24.2. The minimum Gasteiger partial charge on any atom is -0.480 e. The molecule has 3 aromatic heterocycles. The molecule has 1 saturated heterocycles. The van der Waals surface area contributed by atoms with E-state index in [9.17, 15) is 25.0 Å². The third-order valence-corrected chi connectivity index (χ3v) is 8.50. The van der Waals surface area contributed by atoms with Crippen molar-refractivity contribution in [1.29, 1.82) is 0 Å². The van der Waals surface area contributed by atoms with Gasteiger partial charge in [-0.1, -0.05) is 19.9 Å². The van der Waals surface area contributed by atoms with E-state index < -0.39 is 58.4 Å². The first kappa shape index (κ1) is 30.5. The summed E-state index contributed by atoms with van der Waals surface area (Å²) in [5.41, 5.74) is -6.16. The first-order valence-electron chi connectivity index (χ1n) is 14.0. The van der Waals surface area contributed by atoms with Crippen LogP contribution in [0.1, 0.15) is 64.3 Å². The van der Waals surface area contributed by atoms with Gasteiger partial charge in [0.2, 0.25) is 0 Å². The molecule has 4 atom stereocenters. The summed E-state index contributed by atoms with van der Waals surface area (Å²) in [6.07, 6.45) is 7.56. The Hall–Kier alpha value is -3.98. The van der Waals surface area contributed by atoms with Crippen molar-refractivity contribution in [3.8, 4) is 0 Å². The van der Waals surface area contributed by atoms with Crippen LogP contribution >= 0.6 is 0 Å². The molecular weight excluding hydrogens is 561 g/mol. The predicted octanol–water partition coefficient (Wildman–Crippen LogP) is 2.97. The Bertz CT molecular complexity index is 1430. The summed E-state index contributed by atoms with van der Waals surface area (Å²) in [5.74, 6) is -12.4. The van der Waals surface area contributed by atoms with Crippen molar-refractivity contribution in [3.05, 3.63) is 78.7 Å². The van der Waals surface area contributed by atoms with Gasteiger partial charge < -0.3 is 20.2 Å². The van der Waals surface area contributed by atoms with Gasteiger partial charge >= 0.3 is 11.9 Å². The van der Waals surface area contributed by atoms with Crippen LogP contribution in [-0.4, -0.2) is 85.7 Å². The highest BCUT2D eigenvalue weighted by Crippen LogP contribution is 2.65. The Balaban J connectivity index is 2.09. The predicted molar refractivity (Wildman–Crippen MR) is 147 cm³/mol. The molecule has 14 heteroatoms. The van der Waals surface area contributed by atoms with Crippen LogP contribution in [0.2, 0.25) is 0 Å². The molecule has 3 N–H and O–H groups in total. The maximum atomic E-state index is 19.1. The molecule has 1 aliphatic carbocycles. The fraction of sp³-hybridized carbons (Fsp3) is 0.483. The normalized spacial score (nSPS) is 30.3. The number of aromatic nitrogens is 5. The Labute approximate surface area is 247 Å². The lowest BCUT2D eigenvalue weighted by atomic mass is 9.53. The van der Waals surface area contributed by atoms with Gasteiger partial charge in [-0.05, 0) is 63.3 Å². The number of carboxylic acids is 2. The van der Waals surface area contributed by atoms with Crippen LogP contribution in [0.25, 0.3) is 0 Å². The van der Waals surface area contributed by atoms with Crippen molar-refractivity contribution < 1.29 is 34.1 Å². The molecule has 0 bridgehead atoms. The zero-order chi connectivity index (χ0) is 31.2. The van der Waals surface area contributed by atoms with Crippen molar-refractivity contribution in [1.82, 2.24) is 34.9 Å². The molecule has 3 aromatic rings. The number of carbonyl (C=O) groups is 2. The highest BCUT2D eigenvalue weighted by Gasteiger charge is 2.88. The topological polar surface area (TPSA) is 175 Å². The van der Waals surface area contributed by atoms with E-state index in [4.69, 9.17) is 4.74 Å². The summed E-state index contributed by atoms with van der Waals surface area (Å²) in [7, 11) is 0. The Morgan fingerprint density at radius 2 is 1.44 bits per heavy atom. The van der Waals surface area contributed by atoms with Crippen LogP contribution < -0.4 is 0 Å². The summed E-state index contributed by atoms with van der Waals surface area (Å²) >= 11 is 0. The van der Waals surface area contributed by atoms with Crippen LogP contribution in [-0.2, 0) is 25.6 Å². The van der Waals surface area contributed by atoms with Gasteiger partial charge in [0.05, 0.1) is 11.8 Å². The molecule has 1 aliphatic heterocycles. The SMILES string of the molecule is CC(C)N1C(OC2CCC2)(c2ncccn2)N(O)C(C(=O)O)(C(C)C)C(c2ccccn2)(c2ncccn2)C1(F)C(=O)O. The summed E-state index contributed by atoms with van der Waals surface area (Å²) in [6.45, 7) is 5.88. The summed E-state index contributed by atoms with van der Waals surface area (Å²) in [6, 6.07) is 6.12. The average Bonchev–Trinajstić information content (AvgIpc) is 2.96. The van der Waals surface area contributed by atoms with E-state index in [0.29, 0.717) is 17.9 Å². The number of hydrogen-bond donors (Lipinski definition) is 3. The maximum absolute atomic E-state index is 19.1. The van der Waals surface area contributed by atoms with Gasteiger partial charge in [0.25, 0.3) is 11.6 Å². The molecule has 4 heterocycles. The van der Waals surface area contributed by atoms with Gasteiger partial charge in [0.15, 0.2) is 16.8 Å². The smallest absolute Gasteiger partial charge is 0.358 e. The highest BCUT2D eigenvalue weighted by molar-refractivity contribution is 5.90. The van der Waals surface area contributed by atoms with Gasteiger partial charge in [0.1, 0.15) is 5.82 Å². The van der Waals surface area contributed by atoms with Crippen molar-refractivity contribution in [2.45, 2.75) is 81.7 Å². The molecule has 2 aliphatic rings. The fourth-order valence-electron chi connectivity index (χ4n) is 6.71. The third kappa shape index (κ3) is 3.86. The lowest BCUT2D eigenvalue weighted by molar-refractivity contribution is -0.469. The molecule has 2 fully saturated rings. The number of pyridine rings is 1. The van der Waals surface area contributed by atoms with Crippen molar-refractivity contribution in [3.63, 3.8) is 0 Å². The van der Waals surface area contributed by atoms with Crippen LogP contribution in [0.5, 0.6) is 0 Å². The maximum Gasteiger partial charge on any atom is 0.358 e. The van der Waals surface area contributed by atoms with Gasteiger partial charge in [-0.25, -0.2) is 34.0 Å². The molecule has 1 saturated carbocycles. The average molecular weight is 596 g/mol. The molecule has 0 aromatic carbocycles. The monoisotopic (exact) mass is 595 g/mol. The first-order chi connectivity index (χ1) is 20.4. The largest absolute Gasteiger partial charge is 0.480 e. The van der Waals surface area contributed by atoms with Crippen LogP contribution in [0.4, 0.5) is 4.39 Å². The van der Waals surface area contributed by atoms with E-state index in [1.807, 2.05) is 0 Å². The third-order valence-electron chi connectivity index (χ3n) is 8.50. The lowest BCUT2D eigenvalue weighted by Crippen LogP contribution is -2.91. The minimum atomic E-state index is -3.76. The number of ether oxygens (including phenoxy) is 1. The second kappa shape index (κ2) is 10.9. The fourth-order valence-corrected chi connectivity index (χ4v) is 6.71. The van der Waals surface area contributed by atoms with Crippen LogP contribution in [0.3, 0.4) is 0 Å². The van der Waals surface area contributed by atoms with Crippen molar-refractivity contribution in [2.24, 2.45) is 5.92 Å². The quantitative estimate of drug-likeness (QED) is 0.308. The second-order valence-electron chi connectivity index (χ2n) is 11.3. The number of nitrogens with zero attached hydrogens (tertiary/aromatic N) is 7. The lowest BCUT2D eigenvalue weighted by Gasteiger charge is -2.68. The molecule has 0 amide bonds. The number of alkyl halides is 1. The van der Waals surface area contributed by atoms with E-state index in [1.165, 1.54) is 89.0 Å². The summed E-state index contributed by atoms with van der Waals surface area (Å²) in [5, 5.41) is 35.6. The standard InChI is InChI=1S/C29H34FN7O6/c1-18(2)27(24(38)39)26(21-12-5-6-13-31-21,22-32-14-8-15-33-22)28(30,25(40)41)36(19(3)4)29(37(27)42,43-20-10-7-11-20)23-34-16-9-17-35-23/h5-6,8-9,12-20,42H,7,10-11H2,1-4H3,(H,38,39)(H,40,41). The van der Waals surface area contributed by atoms with Crippen LogP contribution in [0, 0.1) is 5.92 Å². The number of aliphatic carboxylic acids is 2. The second-order valence-corrected chi connectivity index (χ2v) is 11.3. The number of carboxylic acid groups (broad SMARTS) is 2. The number of hydrogen-bond acceptors (Lipinski definition) is 11. The molecule has 0 radical (unpaired) electrons. The number of hydroxylamine groups is 2.